The fourth-order valence-electron chi connectivity index (χ4n) is 4.61. The second kappa shape index (κ2) is 14.4. The molecule has 10 heteroatoms. The van der Waals surface area contributed by atoms with Crippen molar-refractivity contribution in [2.24, 2.45) is 17.8 Å². The summed E-state index contributed by atoms with van der Waals surface area (Å²) >= 11 is 0. The Labute approximate surface area is 208 Å². The molecule has 2 aliphatic rings. The molecule has 0 bridgehead atoms. The molecule has 0 aromatic carbocycles. The third kappa shape index (κ3) is 9.07. The van der Waals surface area contributed by atoms with Crippen LogP contribution in [-0.2, 0) is 38.4 Å². The first kappa shape index (κ1) is 27.4. The lowest BCUT2D eigenvalue weighted by atomic mass is 10.0. The topological polar surface area (TPSA) is 117 Å². The maximum absolute atomic E-state index is 12.2. The van der Waals surface area contributed by atoms with Gasteiger partial charge in [-0.3, -0.25) is 4.79 Å². The smallest absolute Gasteiger partial charge is 0.407 e. The van der Waals surface area contributed by atoms with Gasteiger partial charge in [-0.2, -0.15) is 0 Å². The Bertz CT molecular complexity index is 799. The van der Waals surface area contributed by atoms with E-state index < -0.39 is 0 Å². The van der Waals surface area contributed by atoms with Crippen molar-refractivity contribution in [3.8, 4) is 0 Å². The van der Waals surface area contributed by atoms with E-state index in [4.69, 9.17) is 14.2 Å². The Hall–Kier alpha value is -2.20. The van der Waals surface area contributed by atoms with Crippen LogP contribution in [0.4, 0.5) is 4.79 Å². The van der Waals surface area contributed by atoms with Gasteiger partial charge in [-0.25, -0.2) is 9.48 Å². The summed E-state index contributed by atoms with van der Waals surface area (Å²) in [5.41, 5.74) is 2.28. The van der Waals surface area contributed by atoms with Crippen LogP contribution in [0.15, 0.2) is 0 Å². The minimum atomic E-state index is -0.387. The Morgan fingerprint density at radius 2 is 1.74 bits per heavy atom. The summed E-state index contributed by atoms with van der Waals surface area (Å²) < 4.78 is 18.9. The Kier molecular flexibility index (Phi) is 11.3. The molecule has 2 N–H and O–H groups in total. The van der Waals surface area contributed by atoms with Gasteiger partial charge >= 0.3 is 6.09 Å². The molecule has 1 aromatic heterocycles. The van der Waals surface area contributed by atoms with Gasteiger partial charge in [0.05, 0.1) is 37.8 Å². The molecule has 10 nitrogen and oxygen atoms in total. The number of hydrogen-bond donors (Lipinski definition) is 2. The van der Waals surface area contributed by atoms with E-state index in [1.54, 1.807) is 0 Å². The number of aryl methyl sites for hydroxylation is 1. The van der Waals surface area contributed by atoms with E-state index in [1.165, 1.54) is 5.69 Å². The maximum atomic E-state index is 12.2. The zero-order chi connectivity index (χ0) is 25.0. The van der Waals surface area contributed by atoms with E-state index in [-0.39, 0.29) is 18.1 Å². The van der Waals surface area contributed by atoms with Gasteiger partial charge in [0.2, 0.25) is 5.91 Å². The van der Waals surface area contributed by atoms with Gasteiger partial charge in [-0.1, -0.05) is 26.0 Å². The molecule has 0 saturated heterocycles. The molecule has 1 saturated carbocycles. The summed E-state index contributed by atoms with van der Waals surface area (Å²) in [6.45, 7) is 10.2. The summed E-state index contributed by atoms with van der Waals surface area (Å²) in [7, 11) is 0. The average molecular weight is 494 g/mol. The molecule has 3 atom stereocenters. The maximum Gasteiger partial charge on any atom is 0.407 e. The Balaban J connectivity index is 1.29. The fourth-order valence-corrected chi connectivity index (χ4v) is 4.61. The van der Waals surface area contributed by atoms with E-state index in [1.807, 2.05) is 11.6 Å². The monoisotopic (exact) mass is 493 g/mol. The molecule has 2 amide bonds. The van der Waals surface area contributed by atoms with Gasteiger partial charge in [0.15, 0.2) is 0 Å². The highest BCUT2D eigenvalue weighted by molar-refractivity contribution is 5.75. The van der Waals surface area contributed by atoms with Crippen LogP contribution in [0.5, 0.6) is 0 Å². The molecule has 0 aliphatic heterocycles. The normalized spacial score (nSPS) is 21.0. The van der Waals surface area contributed by atoms with Crippen molar-refractivity contribution >= 4 is 12.0 Å². The van der Waals surface area contributed by atoms with Crippen LogP contribution in [0.3, 0.4) is 0 Å². The second-order valence-corrected chi connectivity index (χ2v) is 9.91. The number of alkyl carbamates (subject to hydrolysis) is 1. The number of carbonyl (C=O) groups is 2. The lowest BCUT2D eigenvalue weighted by Crippen LogP contribution is -2.31. The molecule has 1 aromatic rings. The SMILES string of the molecule is CCCC(=O)NCCOCCNC(=O)OC1C2CCc3nnn(CCOCCC(C)C)c3CCC21. The molecule has 3 unspecified atom stereocenters. The lowest BCUT2D eigenvalue weighted by molar-refractivity contribution is -0.121. The number of nitrogens with one attached hydrogen (secondary N) is 2. The standard InChI is InChI=1S/C25H43N5O5/c1-4-5-23(31)26-11-15-34-16-12-27-25(32)35-24-19-6-8-21-22(9-7-20(19)24)30(29-28-21)13-17-33-14-10-18(2)3/h18-20,24H,4-17H2,1-3H3,(H,26,31)(H,27,32). The second-order valence-electron chi connectivity index (χ2n) is 9.91. The lowest BCUT2D eigenvalue weighted by Gasteiger charge is -2.11. The van der Waals surface area contributed by atoms with Crippen molar-refractivity contribution in [2.45, 2.75) is 78.4 Å². The molecule has 1 heterocycles. The van der Waals surface area contributed by atoms with Crippen molar-refractivity contribution in [1.82, 2.24) is 25.6 Å². The van der Waals surface area contributed by atoms with Crippen molar-refractivity contribution in [2.75, 3.05) is 39.5 Å². The van der Waals surface area contributed by atoms with Crippen LogP contribution in [0, 0.1) is 17.8 Å². The van der Waals surface area contributed by atoms with E-state index in [0.29, 0.717) is 57.1 Å². The van der Waals surface area contributed by atoms with E-state index in [9.17, 15) is 9.59 Å². The van der Waals surface area contributed by atoms with Crippen molar-refractivity contribution in [1.29, 1.82) is 0 Å². The molecule has 0 radical (unpaired) electrons. The van der Waals surface area contributed by atoms with E-state index in [2.05, 4.69) is 34.8 Å². The summed E-state index contributed by atoms with van der Waals surface area (Å²) in [5.74, 6) is 1.50. The summed E-state index contributed by atoms with van der Waals surface area (Å²) in [4.78, 5) is 23.6. The number of ether oxygens (including phenoxy) is 3. The quantitative estimate of drug-likeness (QED) is 0.361. The molecular formula is C25H43N5O5. The van der Waals surface area contributed by atoms with Crippen molar-refractivity contribution in [3.63, 3.8) is 0 Å². The summed E-state index contributed by atoms with van der Waals surface area (Å²) in [6, 6.07) is 0. The average Bonchev–Trinajstić information content (AvgIpc) is 3.28. The molecule has 198 valence electrons. The number of fused-ring (bicyclic) bond motifs is 2. The first-order valence-electron chi connectivity index (χ1n) is 13.3. The van der Waals surface area contributed by atoms with Gasteiger partial charge < -0.3 is 24.8 Å². The van der Waals surface area contributed by atoms with Gasteiger partial charge in [-0.05, 0) is 44.4 Å². The third-order valence-corrected chi connectivity index (χ3v) is 6.69. The van der Waals surface area contributed by atoms with E-state index in [0.717, 1.165) is 57.4 Å². The number of carbonyl (C=O) groups excluding carboxylic acids is 2. The van der Waals surface area contributed by atoms with Crippen LogP contribution in [0.25, 0.3) is 0 Å². The van der Waals surface area contributed by atoms with Gasteiger partial charge in [-0.15, -0.1) is 5.10 Å². The van der Waals surface area contributed by atoms with Gasteiger partial charge in [0.1, 0.15) is 6.10 Å². The Morgan fingerprint density at radius 3 is 2.49 bits per heavy atom. The first-order chi connectivity index (χ1) is 17.0. The summed E-state index contributed by atoms with van der Waals surface area (Å²) in [6.07, 6.45) is 5.74. The number of amides is 2. The summed E-state index contributed by atoms with van der Waals surface area (Å²) in [5, 5.41) is 14.3. The van der Waals surface area contributed by atoms with Crippen molar-refractivity contribution < 1.29 is 23.8 Å². The molecule has 3 rings (SSSR count). The number of nitrogens with zero attached hydrogens (tertiary/aromatic N) is 3. The zero-order valence-corrected chi connectivity index (χ0v) is 21.6. The Morgan fingerprint density at radius 1 is 1.03 bits per heavy atom. The first-order valence-corrected chi connectivity index (χ1v) is 13.3. The molecular weight excluding hydrogens is 450 g/mol. The third-order valence-electron chi connectivity index (χ3n) is 6.69. The zero-order valence-electron chi connectivity index (χ0n) is 21.6. The van der Waals surface area contributed by atoms with E-state index >= 15 is 0 Å². The fraction of sp³-hybridized carbons (Fsp3) is 0.840. The van der Waals surface area contributed by atoms with Crippen molar-refractivity contribution in [3.05, 3.63) is 11.4 Å². The minimum Gasteiger partial charge on any atom is -0.446 e. The molecule has 2 aliphatic carbocycles. The van der Waals surface area contributed by atoms with Crippen LogP contribution in [0.2, 0.25) is 0 Å². The highest BCUT2D eigenvalue weighted by Crippen LogP contribution is 2.49. The largest absolute Gasteiger partial charge is 0.446 e. The van der Waals surface area contributed by atoms with Crippen LogP contribution >= 0.6 is 0 Å². The number of rotatable bonds is 15. The molecule has 0 spiro atoms. The van der Waals surface area contributed by atoms with Crippen LogP contribution < -0.4 is 10.6 Å². The minimum absolute atomic E-state index is 0.0190. The van der Waals surface area contributed by atoms with Gasteiger partial charge in [0.25, 0.3) is 0 Å². The number of aromatic nitrogens is 3. The number of hydrogen-bond acceptors (Lipinski definition) is 7. The predicted octanol–water partition coefficient (Wildman–Crippen LogP) is 2.49. The molecule has 35 heavy (non-hydrogen) atoms. The highest BCUT2D eigenvalue weighted by atomic mass is 16.6. The predicted molar refractivity (Wildman–Crippen MR) is 131 cm³/mol. The highest BCUT2D eigenvalue weighted by Gasteiger charge is 2.53. The van der Waals surface area contributed by atoms with Gasteiger partial charge in [0, 0.05) is 38.0 Å². The van der Waals surface area contributed by atoms with Crippen LogP contribution in [0.1, 0.15) is 64.3 Å². The van der Waals surface area contributed by atoms with Crippen LogP contribution in [-0.4, -0.2) is 72.6 Å². The molecule has 1 fully saturated rings.